The molecule has 0 radical (unpaired) electrons. The van der Waals surface area contributed by atoms with E-state index in [9.17, 15) is 4.79 Å². The van der Waals surface area contributed by atoms with E-state index in [-0.39, 0.29) is 11.6 Å². The number of furan rings is 1. The molecule has 1 aliphatic rings. The second-order valence-corrected chi connectivity index (χ2v) is 7.65. The van der Waals surface area contributed by atoms with Crippen molar-refractivity contribution in [3.63, 3.8) is 0 Å². The van der Waals surface area contributed by atoms with Gasteiger partial charge in [-0.1, -0.05) is 13.8 Å². The molecule has 0 bridgehead atoms. The molecule has 4 heterocycles. The lowest BCUT2D eigenvalue weighted by atomic mass is 10.1. The van der Waals surface area contributed by atoms with E-state index in [1.807, 2.05) is 12.1 Å². The molecule has 0 spiro atoms. The van der Waals surface area contributed by atoms with Crippen LogP contribution in [0.5, 0.6) is 0 Å². The third kappa shape index (κ3) is 3.00. The summed E-state index contributed by atoms with van der Waals surface area (Å²) in [5.74, 6) is 0.886. The van der Waals surface area contributed by atoms with Gasteiger partial charge in [0.25, 0.3) is 5.56 Å². The van der Waals surface area contributed by atoms with Gasteiger partial charge in [-0.2, -0.15) is 0 Å². The molecule has 4 rings (SSSR count). The summed E-state index contributed by atoms with van der Waals surface area (Å²) in [6.07, 6.45) is 4.28. The second kappa shape index (κ2) is 7.34. The summed E-state index contributed by atoms with van der Waals surface area (Å²) in [6, 6.07) is 3.91. The first-order chi connectivity index (χ1) is 12.7. The van der Waals surface area contributed by atoms with E-state index in [0.717, 1.165) is 48.6 Å². The van der Waals surface area contributed by atoms with E-state index >= 15 is 0 Å². The summed E-state index contributed by atoms with van der Waals surface area (Å²) in [4.78, 5) is 22.2. The number of fused-ring (bicyclic) bond motifs is 3. The molecular weight excluding hydrogens is 348 g/mol. The van der Waals surface area contributed by atoms with Crippen molar-refractivity contribution in [1.82, 2.24) is 19.8 Å². The zero-order chi connectivity index (χ0) is 18.1. The summed E-state index contributed by atoms with van der Waals surface area (Å²) in [5.41, 5.74) is 1.26. The highest BCUT2D eigenvalue weighted by Gasteiger charge is 2.24. The summed E-state index contributed by atoms with van der Waals surface area (Å²) in [5, 5.41) is 4.18. The van der Waals surface area contributed by atoms with Crippen LogP contribution in [0.25, 0.3) is 10.2 Å². The van der Waals surface area contributed by atoms with E-state index in [1.165, 1.54) is 10.4 Å². The fourth-order valence-electron chi connectivity index (χ4n) is 3.80. The maximum Gasteiger partial charge on any atom is 0.262 e. The van der Waals surface area contributed by atoms with Crippen LogP contribution in [0.1, 0.15) is 36.1 Å². The van der Waals surface area contributed by atoms with Gasteiger partial charge in [0, 0.05) is 18.0 Å². The van der Waals surface area contributed by atoms with E-state index < -0.39 is 0 Å². The van der Waals surface area contributed by atoms with Crippen molar-refractivity contribution in [1.29, 1.82) is 0 Å². The summed E-state index contributed by atoms with van der Waals surface area (Å²) < 4.78 is 7.42. The summed E-state index contributed by atoms with van der Waals surface area (Å²) in [7, 11) is 0. The molecule has 26 heavy (non-hydrogen) atoms. The highest BCUT2D eigenvalue weighted by atomic mass is 32.1. The lowest BCUT2D eigenvalue weighted by molar-refractivity contribution is 0.172. The molecule has 0 aliphatic carbocycles. The van der Waals surface area contributed by atoms with Crippen molar-refractivity contribution in [2.24, 2.45) is 0 Å². The predicted molar refractivity (Wildman–Crippen MR) is 104 cm³/mol. The van der Waals surface area contributed by atoms with Gasteiger partial charge in [-0.05, 0) is 43.8 Å². The lowest BCUT2D eigenvalue weighted by Gasteiger charge is -2.28. The Labute approximate surface area is 156 Å². The monoisotopic (exact) mass is 372 g/mol. The maximum absolute atomic E-state index is 13.2. The molecule has 138 valence electrons. The summed E-state index contributed by atoms with van der Waals surface area (Å²) >= 11 is 1.64. The van der Waals surface area contributed by atoms with Gasteiger partial charge in [-0.3, -0.25) is 14.3 Å². The molecule has 1 aliphatic heterocycles. The molecule has 0 amide bonds. The van der Waals surface area contributed by atoms with Crippen LogP contribution in [0.4, 0.5) is 0 Å². The molecule has 0 saturated heterocycles. The van der Waals surface area contributed by atoms with Gasteiger partial charge in [-0.25, -0.2) is 4.98 Å². The van der Waals surface area contributed by atoms with Gasteiger partial charge in [0.1, 0.15) is 10.6 Å². The average molecular weight is 372 g/mol. The second-order valence-electron chi connectivity index (χ2n) is 6.57. The van der Waals surface area contributed by atoms with Crippen LogP contribution in [0, 0.1) is 0 Å². The van der Waals surface area contributed by atoms with Crippen molar-refractivity contribution in [2.75, 3.05) is 19.6 Å². The highest BCUT2D eigenvalue weighted by Crippen LogP contribution is 2.30. The number of aromatic nitrogens is 2. The Balaban J connectivity index is 1.76. The van der Waals surface area contributed by atoms with Crippen molar-refractivity contribution in [2.45, 2.75) is 39.4 Å². The Morgan fingerprint density at radius 3 is 3.00 bits per heavy atom. The Bertz CT molecular complexity index is 941. The maximum atomic E-state index is 13.2. The molecule has 0 aromatic carbocycles. The van der Waals surface area contributed by atoms with E-state index in [4.69, 9.17) is 4.42 Å². The molecule has 7 heteroatoms. The fourth-order valence-corrected chi connectivity index (χ4v) is 4.94. The topological polar surface area (TPSA) is 63.3 Å². The van der Waals surface area contributed by atoms with E-state index in [0.29, 0.717) is 6.54 Å². The van der Waals surface area contributed by atoms with Crippen LogP contribution in [-0.4, -0.2) is 34.1 Å². The molecule has 3 aromatic rings. The number of hydrogen-bond acceptors (Lipinski definition) is 6. The molecule has 1 N–H and O–H groups in total. The minimum atomic E-state index is 0.0214. The number of likely N-dealkylation sites (N-methyl/N-ethyl adjacent to an activating group) is 1. The average Bonchev–Trinajstić information content (AvgIpc) is 3.31. The molecule has 6 nitrogen and oxygen atoms in total. The molecule has 3 aromatic heterocycles. The first-order valence-corrected chi connectivity index (χ1v) is 10.0. The number of nitrogens with zero attached hydrogens (tertiary/aromatic N) is 3. The van der Waals surface area contributed by atoms with Crippen molar-refractivity contribution in [3.05, 3.63) is 51.3 Å². The van der Waals surface area contributed by atoms with E-state index in [2.05, 4.69) is 29.0 Å². The largest absolute Gasteiger partial charge is 0.468 e. The van der Waals surface area contributed by atoms with Gasteiger partial charge in [0.15, 0.2) is 0 Å². The quantitative estimate of drug-likeness (QED) is 0.721. The number of thiophene rings is 1. The van der Waals surface area contributed by atoms with Crippen LogP contribution in [0.2, 0.25) is 0 Å². The molecule has 0 fully saturated rings. The lowest BCUT2D eigenvalue weighted by Crippen LogP contribution is -2.34. The first-order valence-electron chi connectivity index (χ1n) is 9.20. The van der Waals surface area contributed by atoms with Crippen LogP contribution < -0.4 is 10.9 Å². The van der Waals surface area contributed by atoms with Gasteiger partial charge >= 0.3 is 0 Å². The number of nitrogens with one attached hydrogen (secondary N) is 1. The van der Waals surface area contributed by atoms with Crippen molar-refractivity contribution >= 4 is 21.6 Å². The Hall–Kier alpha value is -1.96. The molecule has 1 atom stereocenters. The van der Waals surface area contributed by atoms with Gasteiger partial charge in [0.2, 0.25) is 0 Å². The zero-order valence-electron chi connectivity index (χ0n) is 15.2. The van der Waals surface area contributed by atoms with Crippen LogP contribution in [0.3, 0.4) is 0 Å². The van der Waals surface area contributed by atoms with Gasteiger partial charge in [0.05, 0.1) is 24.0 Å². The smallest absolute Gasteiger partial charge is 0.262 e. The standard InChI is InChI=1S/C19H24N4O2S/c1-3-22(4-2)14(15-6-5-9-25-15)11-23-12-21-18-17(19(23)24)13-7-8-20-10-16(13)26-18/h5-6,9,12,14,20H,3-4,7-8,10-11H2,1-2H3. The molecule has 0 saturated carbocycles. The van der Waals surface area contributed by atoms with Gasteiger partial charge < -0.3 is 9.73 Å². The van der Waals surface area contributed by atoms with Crippen LogP contribution >= 0.6 is 11.3 Å². The number of rotatable bonds is 6. The molecule has 1 unspecified atom stereocenters. The SMILES string of the molecule is CCN(CC)C(Cn1cnc2sc3c(c2c1=O)CCNC3)c1ccco1. The fraction of sp³-hybridized carbons (Fsp3) is 0.474. The first kappa shape index (κ1) is 17.5. The normalized spacial score (nSPS) is 15.5. The summed E-state index contributed by atoms with van der Waals surface area (Å²) in [6.45, 7) is 8.35. The van der Waals surface area contributed by atoms with Crippen molar-refractivity contribution in [3.8, 4) is 0 Å². The number of hydrogen-bond donors (Lipinski definition) is 1. The highest BCUT2D eigenvalue weighted by molar-refractivity contribution is 7.18. The Morgan fingerprint density at radius 2 is 2.27 bits per heavy atom. The third-order valence-corrected chi connectivity index (χ3v) is 6.33. The van der Waals surface area contributed by atoms with Gasteiger partial charge in [-0.15, -0.1) is 11.3 Å². The third-order valence-electron chi connectivity index (χ3n) is 5.19. The van der Waals surface area contributed by atoms with Crippen molar-refractivity contribution < 1.29 is 4.42 Å². The van der Waals surface area contributed by atoms with Crippen LogP contribution in [0.15, 0.2) is 33.9 Å². The minimum absolute atomic E-state index is 0.0214. The Kier molecular flexibility index (Phi) is 4.93. The van der Waals surface area contributed by atoms with E-state index in [1.54, 1.807) is 28.5 Å². The molecular formula is C19H24N4O2S. The predicted octanol–water partition coefficient (Wildman–Crippen LogP) is 2.78. The minimum Gasteiger partial charge on any atom is -0.468 e. The zero-order valence-corrected chi connectivity index (χ0v) is 16.0. The van der Waals surface area contributed by atoms with Crippen LogP contribution in [-0.2, 0) is 19.5 Å². The Morgan fingerprint density at radius 1 is 1.42 bits per heavy atom.